The van der Waals surface area contributed by atoms with Crippen LogP contribution in [0.4, 0.5) is 4.39 Å². The molecule has 29 heavy (non-hydrogen) atoms. The highest BCUT2D eigenvalue weighted by Gasteiger charge is 2.23. The predicted molar refractivity (Wildman–Crippen MR) is 103 cm³/mol. The van der Waals surface area contributed by atoms with E-state index in [0.29, 0.717) is 28.3 Å². The van der Waals surface area contributed by atoms with Crippen LogP contribution in [0.15, 0.2) is 60.9 Å². The number of esters is 1. The van der Waals surface area contributed by atoms with Crippen LogP contribution in [0, 0.1) is 5.82 Å². The second-order valence-electron chi connectivity index (χ2n) is 6.51. The predicted octanol–water partition coefficient (Wildman–Crippen LogP) is 4.32. The highest BCUT2D eigenvalue weighted by molar-refractivity contribution is 6.04. The molecule has 2 aromatic heterocycles. The number of carbonyl (C=O) groups is 1. The van der Waals surface area contributed by atoms with Crippen molar-refractivity contribution < 1.29 is 23.4 Å². The third-order valence-electron chi connectivity index (χ3n) is 4.89. The average molecular weight is 390 g/mol. The molecule has 3 heterocycles. The minimum atomic E-state index is -0.500. The lowest BCUT2D eigenvalue weighted by molar-refractivity contribution is 0.0603. The number of rotatable bonds is 3. The smallest absolute Gasteiger partial charge is 0.342 e. The summed E-state index contributed by atoms with van der Waals surface area (Å²) >= 11 is 0. The fourth-order valence-electron chi connectivity index (χ4n) is 3.52. The zero-order chi connectivity index (χ0) is 20.0. The monoisotopic (exact) mass is 390 g/mol. The number of benzene rings is 2. The lowest BCUT2D eigenvalue weighted by Crippen LogP contribution is -2.08. The maximum atomic E-state index is 13.4. The van der Waals surface area contributed by atoms with Crippen LogP contribution in [0.5, 0.6) is 11.5 Å². The van der Waals surface area contributed by atoms with Gasteiger partial charge in [-0.2, -0.15) is 0 Å². The Hall–Kier alpha value is -3.87. The Morgan fingerprint density at radius 1 is 1.07 bits per heavy atom. The SMILES string of the molecule is COC(=O)c1c(-c2ccc3c(c2)OCO3)cc(-c2ccc(F)cc2)n2ccnc12. The molecule has 144 valence electrons. The van der Waals surface area contributed by atoms with Gasteiger partial charge in [0.25, 0.3) is 0 Å². The van der Waals surface area contributed by atoms with Crippen LogP contribution in [-0.2, 0) is 4.74 Å². The molecule has 6 nitrogen and oxygen atoms in total. The van der Waals surface area contributed by atoms with Crippen LogP contribution >= 0.6 is 0 Å². The number of pyridine rings is 1. The van der Waals surface area contributed by atoms with Crippen molar-refractivity contribution in [1.82, 2.24) is 9.38 Å². The van der Waals surface area contributed by atoms with Crippen molar-refractivity contribution in [3.63, 3.8) is 0 Å². The molecule has 0 N–H and O–H groups in total. The first-order valence-electron chi connectivity index (χ1n) is 8.90. The quantitative estimate of drug-likeness (QED) is 0.488. The van der Waals surface area contributed by atoms with Gasteiger partial charge in [0, 0.05) is 18.0 Å². The van der Waals surface area contributed by atoms with Crippen molar-refractivity contribution in [2.75, 3.05) is 13.9 Å². The number of ether oxygens (including phenoxy) is 3. The summed E-state index contributed by atoms with van der Waals surface area (Å²) in [5.41, 5.74) is 3.72. The van der Waals surface area contributed by atoms with E-state index in [4.69, 9.17) is 14.2 Å². The molecule has 5 rings (SSSR count). The number of hydrogen-bond acceptors (Lipinski definition) is 5. The molecule has 0 atom stereocenters. The van der Waals surface area contributed by atoms with Gasteiger partial charge in [0.05, 0.1) is 12.8 Å². The first kappa shape index (κ1) is 17.2. The highest BCUT2D eigenvalue weighted by atomic mass is 19.1. The summed E-state index contributed by atoms with van der Waals surface area (Å²) in [7, 11) is 1.33. The first-order valence-corrected chi connectivity index (χ1v) is 8.90. The average Bonchev–Trinajstić information content (AvgIpc) is 3.41. The summed E-state index contributed by atoms with van der Waals surface area (Å²) in [6, 6.07) is 13.5. The highest BCUT2D eigenvalue weighted by Crippen LogP contribution is 2.39. The van der Waals surface area contributed by atoms with Gasteiger partial charge in [-0.05, 0) is 53.6 Å². The second-order valence-corrected chi connectivity index (χ2v) is 6.51. The second kappa shape index (κ2) is 6.63. The van der Waals surface area contributed by atoms with E-state index >= 15 is 0 Å². The molecule has 0 radical (unpaired) electrons. The molecule has 0 saturated heterocycles. The van der Waals surface area contributed by atoms with E-state index < -0.39 is 5.97 Å². The zero-order valence-corrected chi connectivity index (χ0v) is 15.4. The molecule has 0 unspecified atom stereocenters. The topological polar surface area (TPSA) is 62.1 Å². The molecular formula is C22H15FN2O4. The van der Waals surface area contributed by atoms with Gasteiger partial charge >= 0.3 is 5.97 Å². The number of methoxy groups -OCH3 is 1. The van der Waals surface area contributed by atoms with Gasteiger partial charge in [0.15, 0.2) is 17.1 Å². The van der Waals surface area contributed by atoms with E-state index in [2.05, 4.69) is 4.98 Å². The number of imidazole rings is 1. The third kappa shape index (κ3) is 2.79. The largest absolute Gasteiger partial charge is 0.465 e. The summed E-state index contributed by atoms with van der Waals surface area (Å²) in [4.78, 5) is 17.0. The van der Waals surface area contributed by atoms with E-state index in [1.54, 1.807) is 35.0 Å². The van der Waals surface area contributed by atoms with Crippen molar-refractivity contribution >= 4 is 11.6 Å². The van der Waals surface area contributed by atoms with Crippen LogP contribution < -0.4 is 9.47 Å². The van der Waals surface area contributed by atoms with E-state index in [1.165, 1.54) is 19.2 Å². The lowest BCUT2D eigenvalue weighted by atomic mass is 9.97. The molecular weight excluding hydrogens is 375 g/mol. The molecule has 7 heteroatoms. The van der Waals surface area contributed by atoms with E-state index in [-0.39, 0.29) is 12.6 Å². The maximum absolute atomic E-state index is 13.4. The van der Waals surface area contributed by atoms with Crippen LogP contribution in [-0.4, -0.2) is 29.3 Å². The number of carbonyl (C=O) groups excluding carboxylic acids is 1. The summed E-state index contributed by atoms with van der Waals surface area (Å²) in [5.74, 6) is 0.427. The Bertz CT molecular complexity index is 1250. The Morgan fingerprint density at radius 3 is 2.62 bits per heavy atom. The van der Waals surface area contributed by atoms with Gasteiger partial charge in [-0.25, -0.2) is 14.2 Å². The summed E-state index contributed by atoms with van der Waals surface area (Å²) in [5, 5.41) is 0. The van der Waals surface area contributed by atoms with Crippen LogP contribution in [0.3, 0.4) is 0 Å². The molecule has 0 amide bonds. The van der Waals surface area contributed by atoms with Crippen LogP contribution in [0.25, 0.3) is 28.0 Å². The van der Waals surface area contributed by atoms with Crippen molar-refractivity contribution in [2.24, 2.45) is 0 Å². The van der Waals surface area contributed by atoms with Gasteiger partial charge in [-0.15, -0.1) is 0 Å². The number of hydrogen-bond donors (Lipinski definition) is 0. The molecule has 1 aliphatic rings. The standard InChI is InChI=1S/C22H15FN2O4/c1-27-22(26)20-16(14-4-7-18-19(10-14)29-12-28-18)11-17(25-9-8-24-21(20)25)13-2-5-15(23)6-3-13/h2-11H,12H2,1H3. The van der Waals surface area contributed by atoms with Crippen molar-refractivity contribution in [1.29, 1.82) is 0 Å². The molecule has 0 spiro atoms. The molecule has 0 aliphatic carbocycles. The maximum Gasteiger partial charge on any atom is 0.342 e. The van der Waals surface area contributed by atoms with Gasteiger partial charge in [-0.1, -0.05) is 6.07 Å². The number of halogens is 1. The molecule has 4 aromatic rings. The fraction of sp³-hybridized carbons (Fsp3) is 0.0909. The summed E-state index contributed by atoms with van der Waals surface area (Å²) in [6.45, 7) is 0.156. The minimum Gasteiger partial charge on any atom is -0.465 e. The Balaban J connectivity index is 1.81. The Morgan fingerprint density at radius 2 is 1.83 bits per heavy atom. The number of aromatic nitrogens is 2. The fourth-order valence-corrected chi connectivity index (χ4v) is 3.52. The third-order valence-corrected chi connectivity index (χ3v) is 4.89. The van der Waals surface area contributed by atoms with Crippen molar-refractivity contribution in [3.8, 4) is 33.9 Å². The summed E-state index contributed by atoms with van der Waals surface area (Å²) < 4.78 is 31.1. The summed E-state index contributed by atoms with van der Waals surface area (Å²) in [6.07, 6.45) is 3.36. The first-order chi connectivity index (χ1) is 14.2. The Labute approximate surface area is 165 Å². The molecule has 0 fully saturated rings. The van der Waals surface area contributed by atoms with Gasteiger partial charge in [0.1, 0.15) is 11.4 Å². The lowest BCUT2D eigenvalue weighted by Gasteiger charge is -2.15. The van der Waals surface area contributed by atoms with Crippen molar-refractivity contribution in [2.45, 2.75) is 0 Å². The van der Waals surface area contributed by atoms with Crippen LogP contribution in [0.2, 0.25) is 0 Å². The van der Waals surface area contributed by atoms with Gasteiger partial charge < -0.3 is 14.2 Å². The van der Waals surface area contributed by atoms with E-state index in [9.17, 15) is 9.18 Å². The van der Waals surface area contributed by atoms with Gasteiger partial charge in [0.2, 0.25) is 6.79 Å². The van der Waals surface area contributed by atoms with E-state index in [1.807, 2.05) is 18.2 Å². The minimum absolute atomic E-state index is 0.156. The van der Waals surface area contributed by atoms with Crippen LogP contribution in [0.1, 0.15) is 10.4 Å². The number of nitrogens with zero attached hydrogens (tertiary/aromatic N) is 2. The van der Waals surface area contributed by atoms with Crippen molar-refractivity contribution in [3.05, 3.63) is 72.3 Å². The van der Waals surface area contributed by atoms with Gasteiger partial charge in [-0.3, -0.25) is 4.40 Å². The normalized spacial score (nSPS) is 12.3. The zero-order valence-electron chi connectivity index (χ0n) is 15.4. The number of fused-ring (bicyclic) bond motifs is 2. The molecule has 2 aromatic carbocycles. The molecule has 0 bridgehead atoms. The van der Waals surface area contributed by atoms with E-state index in [0.717, 1.165) is 16.8 Å². The molecule has 0 saturated carbocycles. The molecule has 1 aliphatic heterocycles. The Kier molecular flexibility index (Phi) is 3.94.